The quantitative estimate of drug-likeness (QED) is 0.489. The number of benzene rings is 1. The molecule has 0 spiro atoms. The maximum atomic E-state index is 10.6. The third-order valence-corrected chi connectivity index (χ3v) is 1.66. The molecule has 0 bridgehead atoms. The predicted molar refractivity (Wildman–Crippen MR) is 41.7 cm³/mol. The Balaban J connectivity index is 0. The van der Waals surface area contributed by atoms with E-state index < -0.39 is 11.9 Å². The first-order valence-corrected chi connectivity index (χ1v) is 3.67. The minimum absolute atomic E-state index is 0. The molecule has 5 nitrogen and oxygen atoms in total. The molecular formula is C9H6Na2O5. The van der Waals surface area contributed by atoms with Crippen LogP contribution in [0.15, 0.2) is 18.2 Å². The molecule has 7 heteroatoms. The van der Waals surface area contributed by atoms with Crippen molar-refractivity contribution in [3.8, 4) is 5.75 Å². The summed E-state index contributed by atoms with van der Waals surface area (Å²) in [4.78, 5) is 21.0. The van der Waals surface area contributed by atoms with Crippen molar-refractivity contribution in [1.29, 1.82) is 0 Å². The van der Waals surface area contributed by atoms with Gasteiger partial charge < -0.3 is 24.5 Å². The second-order valence-electron chi connectivity index (χ2n) is 2.49. The molecule has 1 rings (SSSR count). The summed E-state index contributed by atoms with van der Waals surface area (Å²) in [5, 5.41) is 21.0. The number of hydrogen-bond donors (Lipinski definition) is 0. The van der Waals surface area contributed by atoms with Gasteiger partial charge in [-0.2, -0.15) is 0 Å². The molecule has 0 fully saturated rings. The standard InChI is InChI=1S/C9H8O5.2Na/c1-14-7-3-2-5(8(10)11)4-6(7)9(12)13;;/h2-4H,1H3,(H,10,11)(H,12,13);;/q;2*+1/p-2. The maximum absolute atomic E-state index is 10.6. The summed E-state index contributed by atoms with van der Waals surface area (Å²) < 4.78 is 4.71. The van der Waals surface area contributed by atoms with Gasteiger partial charge in [0, 0.05) is 5.56 Å². The van der Waals surface area contributed by atoms with E-state index in [0.29, 0.717) is 0 Å². The summed E-state index contributed by atoms with van der Waals surface area (Å²) in [5.41, 5.74) is -0.542. The Morgan fingerprint density at radius 1 is 1.12 bits per heavy atom. The third-order valence-electron chi connectivity index (χ3n) is 1.66. The molecule has 74 valence electrons. The molecule has 0 aromatic heterocycles. The van der Waals surface area contributed by atoms with Crippen LogP contribution in [0.3, 0.4) is 0 Å². The van der Waals surface area contributed by atoms with Crippen LogP contribution in [-0.2, 0) is 0 Å². The Kier molecular flexibility index (Phi) is 9.29. The van der Waals surface area contributed by atoms with Crippen molar-refractivity contribution in [2.75, 3.05) is 7.11 Å². The molecule has 0 aliphatic carbocycles. The van der Waals surface area contributed by atoms with Gasteiger partial charge in [-0.3, -0.25) is 0 Å². The van der Waals surface area contributed by atoms with E-state index in [1.807, 2.05) is 0 Å². The first-order chi connectivity index (χ1) is 6.56. The summed E-state index contributed by atoms with van der Waals surface area (Å²) in [6.07, 6.45) is 0. The van der Waals surface area contributed by atoms with Gasteiger partial charge in [-0.1, -0.05) is 0 Å². The van der Waals surface area contributed by atoms with E-state index in [9.17, 15) is 19.8 Å². The molecule has 0 unspecified atom stereocenters. The fourth-order valence-electron chi connectivity index (χ4n) is 0.994. The molecule has 0 aliphatic rings. The third kappa shape index (κ3) is 4.45. The molecule has 1 aromatic rings. The van der Waals surface area contributed by atoms with Crippen molar-refractivity contribution >= 4 is 11.9 Å². The average molecular weight is 240 g/mol. The topological polar surface area (TPSA) is 89.5 Å². The van der Waals surface area contributed by atoms with E-state index in [1.54, 1.807) is 0 Å². The first-order valence-electron chi connectivity index (χ1n) is 3.67. The normalized spacial score (nSPS) is 8.31. The Bertz CT molecular complexity index is 391. The number of carbonyl (C=O) groups is 2. The van der Waals surface area contributed by atoms with E-state index in [0.717, 1.165) is 6.07 Å². The van der Waals surface area contributed by atoms with E-state index >= 15 is 0 Å². The van der Waals surface area contributed by atoms with Crippen molar-refractivity contribution in [2.45, 2.75) is 0 Å². The van der Waals surface area contributed by atoms with Crippen LogP contribution in [0.25, 0.3) is 0 Å². The van der Waals surface area contributed by atoms with Gasteiger partial charge in [0.05, 0.1) is 19.0 Å². The number of methoxy groups -OCH3 is 1. The Morgan fingerprint density at radius 3 is 2.06 bits per heavy atom. The van der Waals surface area contributed by atoms with Gasteiger partial charge in [0.15, 0.2) is 0 Å². The molecule has 0 amide bonds. The number of aromatic carboxylic acids is 2. The fourth-order valence-corrected chi connectivity index (χ4v) is 0.994. The number of carboxylic acid groups (broad SMARTS) is 2. The number of ether oxygens (including phenoxy) is 1. The smallest absolute Gasteiger partial charge is 0.545 e. The van der Waals surface area contributed by atoms with E-state index in [4.69, 9.17) is 4.74 Å². The number of rotatable bonds is 3. The van der Waals surface area contributed by atoms with Gasteiger partial charge in [0.2, 0.25) is 0 Å². The molecule has 0 saturated carbocycles. The minimum Gasteiger partial charge on any atom is -0.545 e. The van der Waals surface area contributed by atoms with E-state index in [1.165, 1.54) is 19.2 Å². The summed E-state index contributed by atoms with van der Waals surface area (Å²) in [5.74, 6) is -2.89. The van der Waals surface area contributed by atoms with Crippen LogP contribution in [0, 0.1) is 0 Å². The van der Waals surface area contributed by atoms with Crippen molar-refractivity contribution in [3.05, 3.63) is 29.3 Å². The van der Waals surface area contributed by atoms with Gasteiger partial charge >= 0.3 is 59.1 Å². The van der Waals surface area contributed by atoms with Crippen LogP contribution in [0.1, 0.15) is 20.7 Å². The summed E-state index contributed by atoms with van der Waals surface area (Å²) in [7, 11) is 1.28. The van der Waals surface area contributed by atoms with Crippen molar-refractivity contribution in [1.82, 2.24) is 0 Å². The van der Waals surface area contributed by atoms with E-state index in [-0.39, 0.29) is 76.0 Å². The van der Waals surface area contributed by atoms with Gasteiger partial charge in [-0.25, -0.2) is 0 Å². The van der Waals surface area contributed by atoms with Crippen LogP contribution in [0.5, 0.6) is 5.75 Å². The van der Waals surface area contributed by atoms with Crippen LogP contribution in [0.4, 0.5) is 0 Å². The summed E-state index contributed by atoms with van der Waals surface area (Å²) in [6.45, 7) is 0. The Morgan fingerprint density at radius 2 is 1.69 bits per heavy atom. The van der Waals surface area contributed by atoms with Crippen LogP contribution < -0.4 is 74.1 Å². The first kappa shape index (κ1) is 18.3. The number of carbonyl (C=O) groups excluding carboxylic acids is 2. The molecule has 16 heavy (non-hydrogen) atoms. The number of hydrogen-bond acceptors (Lipinski definition) is 5. The number of carboxylic acids is 2. The maximum Gasteiger partial charge on any atom is 1.00 e. The summed E-state index contributed by atoms with van der Waals surface area (Å²) in [6, 6.07) is 3.36. The zero-order valence-corrected chi connectivity index (χ0v) is 13.3. The monoisotopic (exact) mass is 240 g/mol. The zero-order chi connectivity index (χ0) is 10.7. The SMILES string of the molecule is COc1ccc(C(=O)[O-])cc1C(=O)[O-].[Na+].[Na+]. The predicted octanol–water partition coefficient (Wildman–Crippen LogP) is -7.57. The molecule has 0 atom stereocenters. The molecular weight excluding hydrogens is 234 g/mol. The van der Waals surface area contributed by atoms with Crippen molar-refractivity contribution in [3.63, 3.8) is 0 Å². The average Bonchev–Trinajstić information content (AvgIpc) is 2.16. The second kappa shape index (κ2) is 8.11. The van der Waals surface area contributed by atoms with Gasteiger partial charge in [0.1, 0.15) is 5.75 Å². The zero-order valence-electron chi connectivity index (χ0n) is 9.27. The van der Waals surface area contributed by atoms with Gasteiger partial charge in [-0.05, 0) is 23.8 Å². The van der Waals surface area contributed by atoms with Crippen molar-refractivity contribution in [2.24, 2.45) is 0 Å². The van der Waals surface area contributed by atoms with Gasteiger partial charge in [0.25, 0.3) is 0 Å². The molecule has 0 aliphatic heterocycles. The minimum atomic E-state index is -1.50. The Labute approximate surface area is 136 Å². The molecule has 1 aromatic carbocycles. The van der Waals surface area contributed by atoms with Gasteiger partial charge in [-0.15, -0.1) is 0 Å². The molecule has 0 saturated heterocycles. The molecule has 0 N–H and O–H groups in total. The Hall–Kier alpha value is -0.0400. The fraction of sp³-hybridized carbons (Fsp3) is 0.111. The van der Waals surface area contributed by atoms with Crippen LogP contribution in [-0.4, -0.2) is 19.0 Å². The second-order valence-corrected chi connectivity index (χ2v) is 2.49. The van der Waals surface area contributed by atoms with Crippen molar-refractivity contribution < 1.29 is 83.7 Å². The van der Waals surface area contributed by atoms with E-state index in [2.05, 4.69) is 0 Å². The van der Waals surface area contributed by atoms with Crippen LogP contribution >= 0.6 is 0 Å². The molecule has 0 radical (unpaired) electrons. The largest absolute Gasteiger partial charge is 1.00 e. The summed E-state index contributed by atoms with van der Waals surface area (Å²) >= 11 is 0. The molecule has 0 heterocycles. The van der Waals surface area contributed by atoms with Crippen LogP contribution in [0.2, 0.25) is 0 Å².